The zero-order chi connectivity index (χ0) is 13.9. The number of anilines is 1. The van der Waals surface area contributed by atoms with Crippen LogP contribution in [0.2, 0.25) is 0 Å². The Balaban J connectivity index is 1.63. The average Bonchev–Trinajstić information content (AvgIpc) is 2.44. The smallest absolute Gasteiger partial charge is 0.0480 e. The Morgan fingerprint density at radius 2 is 1.70 bits per heavy atom. The quantitative estimate of drug-likeness (QED) is 0.786. The highest BCUT2D eigenvalue weighted by molar-refractivity contribution is 7.98. The van der Waals surface area contributed by atoms with Crippen LogP contribution >= 0.6 is 11.8 Å². The third kappa shape index (κ3) is 2.71. The third-order valence-electron chi connectivity index (χ3n) is 4.23. The molecule has 1 aliphatic carbocycles. The second kappa shape index (κ2) is 5.92. The van der Waals surface area contributed by atoms with Crippen molar-refractivity contribution in [2.24, 2.45) is 0 Å². The minimum absolute atomic E-state index is 0.618. The van der Waals surface area contributed by atoms with Crippen molar-refractivity contribution in [3.05, 3.63) is 59.7 Å². The number of benzene rings is 2. The fraction of sp³-hybridized carbons (Fsp3) is 0.333. The van der Waals surface area contributed by atoms with E-state index in [1.807, 2.05) is 11.8 Å². The normalized spacial score (nSPS) is 21.3. The maximum atomic E-state index is 3.70. The lowest BCUT2D eigenvalue weighted by Crippen LogP contribution is -2.34. The highest BCUT2D eigenvalue weighted by Crippen LogP contribution is 2.40. The van der Waals surface area contributed by atoms with Gasteiger partial charge in [0.2, 0.25) is 0 Å². The van der Waals surface area contributed by atoms with Crippen molar-refractivity contribution in [2.45, 2.75) is 36.6 Å². The van der Waals surface area contributed by atoms with E-state index in [0.29, 0.717) is 6.04 Å². The SMILES string of the molecule is CSc1ccccc1NC1CC(c2ccccc2C)C1. The van der Waals surface area contributed by atoms with Gasteiger partial charge in [0.25, 0.3) is 0 Å². The first-order valence-electron chi connectivity index (χ1n) is 7.23. The van der Waals surface area contributed by atoms with Crippen molar-refractivity contribution in [1.82, 2.24) is 0 Å². The van der Waals surface area contributed by atoms with Crippen molar-refractivity contribution in [2.75, 3.05) is 11.6 Å². The Hall–Kier alpha value is -1.41. The van der Waals surface area contributed by atoms with Crippen LogP contribution < -0.4 is 5.32 Å². The lowest BCUT2D eigenvalue weighted by Gasteiger charge is -2.38. The van der Waals surface area contributed by atoms with E-state index in [-0.39, 0.29) is 0 Å². The van der Waals surface area contributed by atoms with Gasteiger partial charge in [0, 0.05) is 16.6 Å². The van der Waals surface area contributed by atoms with Gasteiger partial charge in [-0.3, -0.25) is 0 Å². The first-order valence-corrected chi connectivity index (χ1v) is 8.45. The van der Waals surface area contributed by atoms with Crippen molar-refractivity contribution >= 4 is 17.4 Å². The summed E-state index contributed by atoms with van der Waals surface area (Å²) in [5.41, 5.74) is 4.25. The molecule has 0 saturated heterocycles. The topological polar surface area (TPSA) is 12.0 Å². The summed E-state index contributed by atoms with van der Waals surface area (Å²) < 4.78 is 0. The molecular formula is C18H21NS. The number of hydrogen-bond acceptors (Lipinski definition) is 2. The molecule has 3 rings (SSSR count). The average molecular weight is 283 g/mol. The molecule has 104 valence electrons. The fourth-order valence-corrected chi connectivity index (χ4v) is 3.58. The molecule has 0 aromatic heterocycles. The van der Waals surface area contributed by atoms with Gasteiger partial charge in [0.15, 0.2) is 0 Å². The molecule has 0 spiro atoms. The molecule has 1 fully saturated rings. The maximum Gasteiger partial charge on any atom is 0.0480 e. The summed E-state index contributed by atoms with van der Waals surface area (Å²) >= 11 is 1.81. The van der Waals surface area contributed by atoms with E-state index in [2.05, 4.69) is 67.0 Å². The van der Waals surface area contributed by atoms with Gasteiger partial charge in [-0.15, -0.1) is 11.8 Å². The number of thioether (sulfide) groups is 1. The van der Waals surface area contributed by atoms with Crippen LogP contribution in [0.5, 0.6) is 0 Å². The summed E-state index contributed by atoms with van der Waals surface area (Å²) in [7, 11) is 0. The molecule has 0 bridgehead atoms. The van der Waals surface area contributed by atoms with Gasteiger partial charge in [-0.1, -0.05) is 36.4 Å². The van der Waals surface area contributed by atoms with Gasteiger partial charge in [-0.2, -0.15) is 0 Å². The molecule has 20 heavy (non-hydrogen) atoms. The van der Waals surface area contributed by atoms with E-state index >= 15 is 0 Å². The van der Waals surface area contributed by atoms with Crippen LogP contribution in [0.1, 0.15) is 29.9 Å². The molecule has 1 aliphatic rings. The van der Waals surface area contributed by atoms with Crippen molar-refractivity contribution in [1.29, 1.82) is 0 Å². The zero-order valence-electron chi connectivity index (χ0n) is 12.1. The van der Waals surface area contributed by atoms with Gasteiger partial charge in [0.1, 0.15) is 0 Å². The summed E-state index contributed by atoms with van der Waals surface area (Å²) in [6, 6.07) is 18.0. The second-order valence-electron chi connectivity index (χ2n) is 5.57. The second-order valence-corrected chi connectivity index (χ2v) is 6.41. The lowest BCUT2D eigenvalue weighted by atomic mass is 9.74. The molecule has 0 atom stereocenters. The Morgan fingerprint density at radius 1 is 1.00 bits per heavy atom. The summed E-state index contributed by atoms with van der Waals surface area (Å²) in [5.74, 6) is 0.732. The van der Waals surface area contributed by atoms with E-state index < -0.39 is 0 Å². The van der Waals surface area contributed by atoms with Crippen LogP contribution in [-0.4, -0.2) is 12.3 Å². The zero-order valence-corrected chi connectivity index (χ0v) is 12.9. The van der Waals surface area contributed by atoms with Crippen LogP contribution in [0.3, 0.4) is 0 Å². The van der Waals surface area contributed by atoms with Crippen LogP contribution in [0.25, 0.3) is 0 Å². The Kier molecular flexibility index (Phi) is 4.02. The van der Waals surface area contributed by atoms with Crippen molar-refractivity contribution in [3.63, 3.8) is 0 Å². The number of hydrogen-bond donors (Lipinski definition) is 1. The highest BCUT2D eigenvalue weighted by atomic mass is 32.2. The molecule has 2 aromatic rings. The number of para-hydroxylation sites is 1. The number of rotatable bonds is 4. The van der Waals surface area contributed by atoms with E-state index in [1.165, 1.54) is 34.6 Å². The molecule has 1 N–H and O–H groups in total. The van der Waals surface area contributed by atoms with E-state index in [1.54, 1.807) is 0 Å². The highest BCUT2D eigenvalue weighted by Gasteiger charge is 2.31. The molecule has 1 saturated carbocycles. The maximum absolute atomic E-state index is 3.70. The molecule has 0 aliphatic heterocycles. The molecule has 2 heteroatoms. The van der Waals surface area contributed by atoms with E-state index in [0.717, 1.165) is 5.92 Å². The molecule has 1 nitrogen and oxygen atoms in total. The summed E-state index contributed by atoms with van der Waals surface area (Å²) in [5, 5.41) is 3.70. The van der Waals surface area contributed by atoms with Crippen LogP contribution in [0.15, 0.2) is 53.4 Å². The Labute approximate surface area is 125 Å². The summed E-state index contributed by atoms with van der Waals surface area (Å²) in [6.07, 6.45) is 4.62. The summed E-state index contributed by atoms with van der Waals surface area (Å²) in [4.78, 5) is 1.34. The first kappa shape index (κ1) is 13.6. The standard InChI is InChI=1S/C18H21NS/c1-13-7-3-4-8-16(13)14-11-15(12-14)19-17-9-5-6-10-18(17)20-2/h3-10,14-15,19H,11-12H2,1-2H3. The molecule has 0 unspecified atom stereocenters. The minimum atomic E-state index is 0.618. The molecule has 0 amide bonds. The summed E-state index contributed by atoms with van der Waals surface area (Å²) in [6.45, 7) is 2.22. The van der Waals surface area contributed by atoms with Gasteiger partial charge < -0.3 is 5.32 Å². The monoisotopic (exact) mass is 283 g/mol. The van der Waals surface area contributed by atoms with Crippen LogP contribution in [0, 0.1) is 6.92 Å². The predicted octanol–water partition coefficient (Wildman–Crippen LogP) is 5.08. The predicted molar refractivity (Wildman–Crippen MR) is 88.8 cm³/mol. The minimum Gasteiger partial charge on any atom is -0.381 e. The van der Waals surface area contributed by atoms with Gasteiger partial charge in [-0.25, -0.2) is 0 Å². The Morgan fingerprint density at radius 3 is 2.45 bits per heavy atom. The first-order chi connectivity index (χ1) is 9.78. The third-order valence-corrected chi connectivity index (χ3v) is 5.03. The lowest BCUT2D eigenvalue weighted by molar-refractivity contribution is 0.372. The fourth-order valence-electron chi connectivity index (χ4n) is 3.02. The van der Waals surface area contributed by atoms with Crippen LogP contribution in [0.4, 0.5) is 5.69 Å². The number of nitrogens with one attached hydrogen (secondary N) is 1. The molecule has 2 aromatic carbocycles. The van der Waals surface area contributed by atoms with Gasteiger partial charge >= 0.3 is 0 Å². The molecule has 0 heterocycles. The van der Waals surface area contributed by atoms with Crippen molar-refractivity contribution < 1.29 is 0 Å². The van der Waals surface area contributed by atoms with Crippen LogP contribution in [-0.2, 0) is 0 Å². The number of aryl methyl sites for hydroxylation is 1. The Bertz CT molecular complexity index is 587. The van der Waals surface area contributed by atoms with Gasteiger partial charge in [0.05, 0.1) is 0 Å². The van der Waals surface area contributed by atoms with E-state index in [4.69, 9.17) is 0 Å². The van der Waals surface area contributed by atoms with Gasteiger partial charge in [-0.05, 0) is 55.2 Å². The molecule has 0 radical (unpaired) electrons. The molecular weight excluding hydrogens is 262 g/mol. The van der Waals surface area contributed by atoms with E-state index in [9.17, 15) is 0 Å². The van der Waals surface area contributed by atoms with Crippen molar-refractivity contribution in [3.8, 4) is 0 Å². The largest absolute Gasteiger partial charge is 0.381 e.